The van der Waals surface area contributed by atoms with Gasteiger partial charge in [0, 0.05) is 5.69 Å². The lowest BCUT2D eigenvalue weighted by molar-refractivity contribution is 0.143. The van der Waals surface area contributed by atoms with Crippen LogP contribution in [0.2, 0.25) is 58.9 Å². The van der Waals surface area contributed by atoms with E-state index >= 15 is 0 Å². The molecule has 33 heavy (non-hydrogen) atoms. The first-order chi connectivity index (χ1) is 14.9. The molecule has 1 N–H and O–H groups in total. The zero-order valence-corrected chi connectivity index (χ0v) is 27.2. The third-order valence-electron chi connectivity index (χ3n) is 6.31. The Morgan fingerprint density at radius 3 is 1.48 bits per heavy atom. The zero-order chi connectivity index (χ0) is 25.3. The fourth-order valence-corrected chi connectivity index (χ4v) is 56.3. The topological polar surface area (TPSA) is 24.5 Å². The third-order valence-corrected chi connectivity index (χ3v) is 45.0. The largest absolute Gasteiger partial charge is 0.415 e. The molecule has 1 atom stereocenters. The van der Waals surface area contributed by atoms with Crippen LogP contribution in [0.25, 0.3) is 0 Å². The Balaban J connectivity index is 2.97. The summed E-state index contributed by atoms with van der Waals surface area (Å²) in [5.41, 5.74) is 6.67. The Hall–Kier alpha value is -1.13. The Morgan fingerprint density at radius 2 is 1.12 bits per heavy atom. The molecule has 0 aromatic heterocycles. The number of hydrazine groups is 1. The van der Waals surface area contributed by atoms with Crippen LogP contribution in [0, 0.1) is 5.41 Å². The second-order valence-corrected chi connectivity index (χ2v) is 44.4. The highest BCUT2D eigenvalue weighted by Gasteiger charge is 2.67. The van der Waals surface area contributed by atoms with Gasteiger partial charge in [-0.1, -0.05) is 96.5 Å². The number of rotatable bonds is 9. The average molecular weight is 517 g/mol. The van der Waals surface area contributed by atoms with E-state index in [1.807, 2.05) is 0 Å². The fourth-order valence-electron chi connectivity index (χ4n) is 5.52. The van der Waals surface area contributed by atoms with Crippen molar-refractivity contribution in [3.8, 4) is 0 Å². The number of hydrogen-bond acceptors (Lipinski definition) is 3. The monoisotopic (exact) mass is 516 g/mol. The molecule has 0 spiro atoms. The van der Waals surface area contributed by atoms with Gasteiger partial charge in [0.25, 0.3) is 0 Å². The molecule has 184 valence electrons. The van der Waals surface area contributed by atoms with Crippen molar-refractivity contribution in [2.24, 2.45) is 5.41 Å². The molecule has 0 aliphatic carbocycles. The van der Waals surface area contributed by atoms with Gasteiger partial charge in [0.15, 0.2) is 15.6 Å². The molecule has 2 rings (SSSR count). The van der Waals surface area contributed by atoms with Gasteiger partial charge in [-0.2, -0.15) is 0 Å². The summed E-state index contributed by atoms with van der Waals surface area (Å²) >= 11 is 0. The molecule has 0 heterocycles. The van der Waals surface area contributed by atoms with Crippen LogP contribution in [0.15, 0.2) is 60.7 Å². The zero-order valence-electron chi connectivity index (χ0n) is 23.2. The van der Waals surface area contributed by atoms with Gasteiger partial charge in [0.1, 0.15) is 0 Å². The van der Waals surface area contributed by atoms with Gasteiger partial charge >= 0.3 is 0 Å². The Morgan fingerprint density at radius 1 is 0.697 bits per heavy atom. The van der Waals surface area contributed by atoms with Crippen LogP contribution < -0.4 is 10.1 Å². The normalized spacial score (nSPS) is 14.7. The van der Waals surface area contributed by atoms with E-state index in [0.29, 0.717) is 0 Å². The molecule has 0 fully saturated rings. The number of nitrogens with zero attached hydrogens (tertiary/aromatic N) is 1. The summed E-state index contributed by atoms with van der Waals surface area (Å²) < 4.78 is 10.0. The maximum atomic E-state index is 7.35. The summed E-state index contributed by atoms with van der Waals surface area (Å²) in [5, 5.41) is 0. The van der Waals surface area contributed by atoms with Crippen molar-refractivity contribution in [2.75, 3.05) is 10.1 Å². The molecule has 0 bridgehead atoms. The molecule has 3 nitrogen and oxygen atoms in total. The number of anilines is 2. The van der Waals surface area contributed by atoms with Crippen molar-refractivity contribution in [2.45, 2.75) is 85.4 Å². The van der Waals surface area contributed by atoms with Crippen LogP contribution in [0.4, 0.5) is 11.4 Å². The highest BCUT2D eigenvalue weighted by atomic mass is 29.6. The van der Waals surface area contributed by atoms with E-state index in [1.165, 1.54) is 5.69 Å². The standard InChI is InChI=1S/C26H48N2OSi4/c1-26(2,3)25(29-30(4,5)6)33(31(7,8)9,32(10,11)12)28(24-21-17-14-18-22-24)27-23-19-15-13-16-20-23/h13-22,25,27H,1-12H3. The predicted octanol–water partition coefficient (Wildman–Crippen LogP) is 8.10. The second kappa shape index (κ2) is 9.85. The first-order valence-electron chi connectivity index (χ1n) is 12.3. The van der Waals surface area contributed by atoms with E-state index < -0.39 is 30.8 Å². The molecule has 0 amide bonds. The summed E-state index contributed by atoms with van der Waals surface area (Å²) in [6.07, 6.45) is 0. The van der Waals surface area contributed by atoms with E-state index in [-0.39, 0.29) is 11.1 Å². The van der Waals surface area contributed by atoms with E-state index in [2.05, 4.69) is 150 Å². The number of para-hydroxylation sites is 2. The van der Waals surface area contributed by atoms with Crippen molar-refractivity contribution < 1.29 is 4.43 Å². The first-order valence-corrected chi connectivity index (χ1v) is 26.7. The van der Waals surface area contributed by atoms with E-state index in [1.54, 1.807) is 0 Å². The molecule has 0 aliphatic heterocycles. The Labute approximate surface area is 207 Å². The lowest BCUT2D eigenvalue weighted by Gasteiger charge is -2.63. The summed E-state index contributed by atoms with van der Waals surface area (Å²) in [6, 6.07) is 21.8. The summed E-state index contributed by atoms with van der Waals surface area (Å²) in [7, 11) is -7.69. The molecule has 0 radical (unpaired) electrons. The van der Waals surface area contributed by atoms with Crippen LogP contribution in [-0.4, -0.2) is 36.5 Å². The molecule has 2 aromatic carbocycles. The molecule has 0 aliphatic rings. The van der Waals surface area contributed by atoms with Gasteiger partial charge in [-0.05, 0) is 49.3 Å². The Bertz CT molecular complexity index is 865. The molecular weight excluding hydrogens is 469 g/mol. The predicted molar refractivity (Wildman–Crippen MR) is 159 cm³/mol. The van der Waals surface area contributed by atoms with E-state index in [4.69, 9.17) is 4.43 Å². The van der Waals surface area contributed by atoms with Crippen LogP contribution in [0.3, 0.4) is 0 Å². The van der Waals surface area contributed by atoms with E-state index in [0.717, 1.165) is 5.69 Å². The van der Waals surface area contributed by atoms with Gasteiger partial charge in [-0.25, -0.2) is 0 Å². The minimum Gasteiger partial charge on any atom is -0.415 e. The van der Waals surface area contributed by atoms with Crippen molar-refractivity contribution in [1.82, 2.24) is 0 Å². The first kappa shape index (κ1) is 28.1. The lowest BCUT2D eigenvalue weighted by Crippen LogP contribution is -2.89. The molecule has 2 aromatic rings. The molecule has 1 unspecified atom stereocenters. The maximum Gasteiger partial charge on any atom is 0.188 e. The van der Waals surface area contributed by atoms with Gasteiger partial charge in [-0.3, -0.25) is 0 Å². The Kier molecular flexibility index (Phi) is 8.39. The van der Waals surface area contributed by atoms with Crippen molar-refractivity contribution in [3.05, 3.63) is 60.7 Å². The smallest absolute Gasteiger partial charge is 0.188 e. The van der Waals surface area contributed by atoms with Gasteiger partial charge < -0.3 is 14.5 Å². The fraction of sp³-hybridized carbons (Fsp3) is 0.538. The minimum absolute atomic E-state index is 0.0401. The molecule has 0 saturated heterocycles. The van der Waals surface area contributed by atoms with Gasteiger partial charge in [0.2, 0.25) is 0 Å². The highest BCUT2D eigenvalue weighted by molar-refractivity contribution is 7.70. The number of hydrogen-bond donors (Lipinski definition) is 1. The van der Waals surface area contributed by atoms with Crippen LogP contribution in [0.5, 0.6) is 0 Å². The van der Waals surface area contributed by atoms with Crippen LogP contribution >= 0.6 is 0 Å². The number of nitrogens with one attached hydrogen (secondary N) is 1. The van der Waals surface area contributed by atoms with Gasteiger partial charge in [-0.15, -0.1) is 0 Å². The minimum atomic E-state index is -2.31. The summed E-state index contributed by atoms with van der Waals surface area (Å²) in [6.45, 7) is 29.9. The maximum absolute atomic E-state index is 7.35. The second-order valence-electron chi connectivity index (χ2n) is 13.4. The van der Waals surface area contributed by atoms with Gasteiger partial charge in [0.05, 0.1) is 26.6 Å². The third kappa shape index (κ3) is 6.31. The lowest BCUT2D eigenvalue weighted by atomic mass is 9.98. The van der Waals surface area contributed by atoms with Crippen LogP contribution in [-0.2, 0) is 4.43 Å². The average Bonchev–Trinajstić information content (AvgIpc) is 2.64. The highest BCUT2D eigenvalue weighted by Crippen LogP contribution is 2.45. The summed E-state index contributed by atoms with van der Waals surface area (Å²) in [5.74, 6) is 0. The summed E-state index contributed by atoms with van der Waals surface area (Å²) in [4.78, 5) is 0. The quantitative estimate of drug-likeness (QED) is 0.269. The van der Waals surface area contributed by atoms with Crippen molar-refractivity contribution >= 4 is 42.1 Å². The number of benzene rings is 2. The van der Waals surface area contributed by atoms with Crippen molar-refractivity contribution in [3.63, 3.8) is 0 Å². The molecule has 7 heteroatoms. The molecular formula is C26H48N2OSi4. The SMILES string of the molecule is CC(C)(C)C(O[Si](C)(C)C)[Si](N(Nc1ccccc1)c1ccccc1)([Si](C)(C)C)[Si](C)(C)C. The van der Waals surface area contributed by atoms with Crippen molar-refractivity contribution in [1.29, 1.82) is 0 Å². The molecule has 0 saturated carbocycles. The van der Waals surface area contributed by atoms with Crippen LogP contribution in [0.1, 0.15) is 20.8 Å². The van der Waals surface area contributed by atoms with E-state index in [9.17, 15) is 0 Å².